The van der Waals surface area contributed by atoms with E-state index in [0.29, 0.717) is 5.69 Å². The van der Waals surface area contributed by atoms with Gasteiger partial charge in [-0.05, 0) is 32.2 Å². The number of amides is 2. The molecule has 1 aromatic rings. The van der Waals surface area contributed by atoms with Gasteiger partial charge in [-0.2, -0.15) is 0 Å². The molecular formula is C15H23FN4O. The first kappa shape index (κ1) is 15.7. The molecule has 1 unspecified atom stereocenters. The first-order valence-corrected chi connectivity index (χ1v) is 7.27. The molecule has 1 heterocycles. The van der Waals surface area contributed by atoms with Gasteiger partial charge in [0.25, 0.3) is 0 Å². The molecule has 2 rings (SSSR count). The van der Waals surface area contributed by atoms with Crippen LogP contribution in [0.1, 0.15) is 6.92 Å². The molecule has 0 bridgehead atoms. The molecule has 0 spiro atoms. The Morgan fingerprint density at radius 3 is 2.71 bits per heavy atom. The molecule has 0 aromatic heterocycles. The lowest BCUT2D eigenvalue weighted by molar-refractivity contribution is 0.145. The van der Waals surface area contributed by atoms with Gasteiger partial charge in [0.15, 0.2) is 0 Å². The smallest absolute Gasteiger partial charge is 0.319 e. The molecule has 2 amide bonds. The minimum absolute atomic E-state index is 0.0435. The summed E-state index contributed by atoms with van der Waals surface area (Å²) < 4.78 is 13.0. The molecule has 116 valence electrons. The highest BCUT2D eigenvalue weighted by Gasteiger charge is 2.17. The van der Waals surface area contributed by atoms with E-state index in [9.17, 15) is 9.18 Å². The number of carbonyl (C=O) groups is 1. The normalized spacial score (nSPS) is 18.2. The molecule has 1 atom stereocenters. The molecular weight excluding hydrogens is 271 g/mol. The summed E-state index contributed by atoms with van der Waals surface area (Å²) >= 11 is 0. The number of rotatable bonds is 4. The second kappa shape index (κ2) is 7.38. The van der Waals surface area contributed by atoms with E-state index < -0.39 is 0 Å². The summed E-state index contributed by atoms with van der Waals surface area (Å²) in [6, 6.07) is 5.61. The third kappa shape index (κ3) is 5.32. The van der Waals surface area contributed by atoms with Crippen molar-refractivity contribution in [2.24, 2.45) is 0 Å². The Kier molecular flexibility index (Phi) is 5.52. The number of nitrogens with zero attached hydrogens (tertiary/aromatic N) is 2. The lowest BCUT2D eigenvalue weighted by atomic mass is 10.2. The summed E-state index contributed by atoms with van der Waals surface area (Å²) in [5.74, 6) is -0.363. The van der Waals surface area contributed by atoms with Gasteiger partial charge in [-0.15, -0.1) is 0 Å². The maximum Gasteiger partial charge on any atom is 0.319 e. The van der Waals surface area contributed by atoms with Crippen LogP contribution in [0.15, 0.2) is 24.3 Å². The zero-order valence-electron chi connectivity index (χ0n) is 12.6. The maximum absolute atomic E-state index is 13.0. The highest BCUT2D eigenvalue weighted by Crippen LogP contribution is 2.08. The number of halogens is 1. The molecule has 5 nitrogen and oxygen atoms in total. The van der Waals surface area contributed by atoms with E-state index in [4.69, 9.17) is 0 Å². The number of anilines is 1. The van der Waals surface area contributed by atoms with Crippen LogP contribution in [0.4, 0.5) is 14.9 Å². The van der Waals surface area contributed by atoms with Crippen molar-refractivity contribution in [3.63, 3.8) is 0 Å². The van der Waals surface area contributed by atoms with Crippen LogP contribution in [0.5, 0.6) is 0 Å². The average molecular weight is 294 g/mol. The van der Waals surface area contributed by atoms with E-state index in [1.165, 1.54) is 12.1 Å². The fourth-order valence-corrected chi connectivity index (χ4v) is 2.42. The highest BCUT2D eigenvalue weighted by atomic mass is 19.1. The zero-order chi connectivity index (χ0) is 15.2. The lowest BCUT2D eigenvalue weighted by Crippen LogP contribution is -2.50. The van der Waals surface area contributed by atoms with E-state index in [1.807, 2.05) is 6.92 Å². The van der Waals surface area contributed by atoms with Gasteiger partial charge in [-0.3, -0.25) is 4.90 Å². The molecule has 2 N–H and O–H groups in total. The molecule has 21 heavy (non-hydrogen) atoms. The van der Waals surface area contributed by atoms with Gasteiger partial charge in [-0.25, -0.2) is 9.18 Å². The summed E-state index contributed by atoms with van der Waals surface area (Å²) in [6.07, 6.45) is 0. The molecule has 1 saturated heterocycles. The van der Waals surface area contributed by atoms with Crippen LogP contribution in [-0.4, -0.2) is 61.6 Å². The topological polar surface area (TPSA) is 47.6 Å². The van der Waals surface area contributed by atoms with E-state index >= 15 is 0 Å². The molecule has 0 radical (unpaired) electrons. The third-order valence-electron chi connectivity index (χ3n) is 3.59. The van der Waals surface area contributed by atoms with Crippen molar-refractivity contribution >= 4 is 11.7 Å². The summed E-state index contributed by atoms with van der Waals surface area (Å²) in [4.78, 5) is 16.5. The maximum atomic E-state index is 13.0. The molecule has 1 fully saturated rings. The number of piperazine rings is 1. The van der Waals surface area contributed by atoms with Crippen LogP contribution < -0.4 is 10.6 Å². The van der Waals surface area contributed by atoms with Crippen molar-refractivity contribution in [1.29, 1.82) is 0 Å². The Morgan fingerprint density at radius 2 is 2.05 bits per heavy atom. The SMILES string of the molecule is CC(CN1CCN(C)CC1)NC(=O)Nc1cccc(F)c1. The number of hydrogen-bond acceptors (Lipinski definition) is 3. The second-order valence-electron chi connectivity index (χ2n) is 5.61. The van der Waals surface area contributed by atoms with Crippen LogP contribution >= 0.6 is 0 Å². The largest absolute Gasteiger partial charge is 0.334 e. The van der Waals surface area contributed by atoms with Gasteiger partial charge in [0.1, 0.15) is 5.82 Å². The monoisotopic (exact) mass is 294 g/mol. The lowest BCUT2D eigenvalue weighted by Gasteiger charge is -2.34. The Labute approximate surface area is 125 Å². The highest BCUT2D eigenvalue weighted by molar-refractivity contribution is 5.89. The van der Waals surface area contributed by atoms with Crippen molar-refractivity contribution in [2.45, 2.75) is 13.0 Å². The summed E-state index contributed by atoms with van der Waals surface area (Å²) in [6.45, 7) is 6.96. The zero-order valence-corrected chi connectivity index (χ0v) is 12.6. The van der Waals surface area contributed by atoms with Crippen molar-refractivity contribution in [1.82, 2.24) is 15.1 Å². The van der Waals surface area contributed by atoms with E-state index in [2.05, 4.69) is 27.5 Å². The van der Waals surface area contributed by atoms with E-state index in [1.54, 1.807) is 12.1 Å². The van der Waals surface area contributed by atoms with Crippen LogP contribution in [0.3, 0.4) is 0 Å². The number of benzene rings is 1. The molecule has 1 aromatic carbocycles. The fraction of sp³-hybridized carbons (Fsp3) is 0.533. The van der Waals surface area contributed by atoms with E-state index in [0.717, 1.165) is 32.7 Å². The molecule has 0 saturated carbocycles. The van der Waals surface area contributed by atoms with Gasteiger partial charge in [0.2, 0.25) is 0 Å². The number of nitrogens with one attached hydrogen (secondary N) is 2. The second-order valence-corrected chi connectivity index (χ2v) is 5.61. The van der Waals surface area contributed by atoms with Crippen LogP contribution in [0.2, 0.25) is 0 Å². The number of urea groups is 1. The van der Waals surface area contributed by atoms with Gasteiger partial charge >= 0.3 is 6.03 Å². The average Bonchev–Trinajstić information content (AvgIpc) is 2.41. The fourth-order valence-electron chi connectivity index (χ4n) is 2.42. The number of likely N-dealkylation sites (N-methyl/N-ethyl adjacent to an activating group) is 1. The van der Waals surface area contributed by atoms with E-state index in [-0.39, 0.29) is 17.9 Å². The summed E-state index contributed by atoms with van der Waals surface area (Å²) in [7, 11) is 2.12. The molecule has 0 aliphatic carbocycles. The molecule has 1 aliphatic heterocycles. The van der Waals surface area contributed by atoms with Crippen molar-refractivity contribution in [3.8, 4) is 0 Å². The summed E-state index contributed by atoms with van der Waals surface area (Å²) in [5, 5.41) is 5.52. The number of carbonyl (C=O) groups excluding carboxylic acids is 1. The predicted molar refractivity (Wildman–Crippen MR) is 82.0 cm³/mol. The first-order chi connectivity index (χ1) is 10.0. The standard InChI is InChI=1S/C15H23FN4O/c1-12(11-20-8-6-19(2)7-9-20)17-15(21)18-14-5-3-4-13(16)10-14/h3-5,10,12H,6-9,11H2,1-2H3,(H2,17,18,21). The van der Waals surface area contributed by atoms with Gasteiger partial charge in [0.05, 0.1) is 0 Å². The van der Waals surface area contributed by atoms with Crippen LogP contribution in [-0.2, 0) is 0 Å². The van der Waals surface area contributed by atoms with Gasteiger partial charge < -0.3 is 15.5 Å². The number of hydrogen-bond donors (Lipinski definition) is 2. The van der Waals surface area contributed by atoms with Crippen molar-refractivity contribution in [2.75, 3.05) is 45.1 Å². The minimum Gasteiger partial charge on any atom is -0.334 e. The van der Waals surface area contributed by atoms with Gasteiger partial charge in [-0.1, -0.05) is 6.07 Å². The van der Waals surface area contributed by atoms with Crippen molar-refractivity contribution < 1.29 is 9.18 Å². The van der Waals surface area contributed by atoms with Crippen LogP contribution in [0.25, 0.3) is 0 Å². The summed E-state index contributed by atoms with van der Waals surface area (Å²) in [5.41, 5.74) is 0.458. The first-order valence-electron chi connectivity index (χ1n) is 7.27. The minimum atomic E-state index is -0.363. The predicted octanol–water partition coefficient (Wildman–Crippen LogP) is 1.58. The Morgan fingerprint density at radius 1 is 1.33 bits per heavy atom. The Balaban J connectivity index is 1.74. The van der Waals surface area contributed by atoms with Crippen LogP contribution in [0, 0.1) is 5.82 Å². The Hall–Kier alpha value is -1.66. The van der Waals surface area contributed by atoms with Crippen molar-refractivity contribution in [3.05, 3.63) is 30.1 Å². The van der Waals surface area contributed by atoms with Gasteiger partial charge in [0, 0.05) is 44.5 Å². The molecule has 6 heteroatoms. The molecule has 1 aliphatic rings. The Bertz CT molecular complexity index is 474. The quantitative estimate of drug-likeness (QED) is 0.886. The third-order valence-corrected chi connectivity index (χ3v) is 3.59.